The molecule has 6 heteroatoms. The number of rotatable bonds is 9. The molecular weight excluding hydrogens is 246 g/mol. The highest BCUT2D eigenvalue weighted by atomic mass is 16.4. The van der Waals surface area contributed by atoms with Crippen LogP contribution in [-0.4, -0.2) is 66.7 Å². The Balaban J connectivity index is 4.28. The van der Waals surface area contributed by atoms with E-state index in [0.29, 0.717) is 19.5 Å². The monoisotopic (exact) mass is 273 g/mol. The minimum atomic E-state index is -0.973. The average Bonchev–Trinajstić information content (AvgIpc) is 2.33. The first-order valence-corrected chi connectivity index (χ1v) is 6.85. The van der Waals surface area contributed by atoms with Crippen LogP contribution in [0, 0.1) is 0 Å². The van der Waals surface area contributed by atoms with E-state index >= 15 is 0 Å². The Morgan fingerprint density at radius 3 is 2.26 bits per heavy atom. The van der Waals surface area contributed by atoms with Crippen LogP contribution < -0.4 is 5.32 Å². The third-order valence-electron chi connectivity index (χ3n) is 2.88. The van der Waals surface area contributed by atoms with Crippen molar-refractivity contribution in [1.29, 1.82) is 0 Å². The van der Waals surface area contributed by atoms with Crippen LogP contribution >= 0.6 is 0 Å². The van der Waals surface area contributed by atoms with E-state index in [4.69, 9.17) is 5.11 Å². The van der Waals surface area contributed by atoms with Crippen LogP contribution in [-0.2, 0) is 4.79 Å². The van der Waals surface area contributed by atoms with Crippen LogP contribution in [0.5, 0.6) is 0 Å². The van der Waals surface area contributed by atoms with Crippen LogP contribution in [0.3, 0.4) is 0 Å². The fraction of sp³-hybridized carbons (Fsp3) is 0.846. The Kier molecular flexibility index (Phi) is 8.95. The maximum Gasteiger partial charge on any atom is 0.326 e. The molecule has 0 aliphatic heterocycles. The van der Waals surface area contributed by atoms with Crippen molar-refractivity contribution >= 4 is 12.0 Å². The molecule has 0 aromatic rings. The standard InChI is InChI=1S/C13H27N3O3/c1-5-8-11(12(17)18)14-13(19)16(6-2)10-7-9-15(3)4/h11H,5-10H2,1-4H3,(H,14,19)(H,17,18)/t11-/m1/s1. The molecule has 0 spiro atoms. The number of hydrogen-bond acceptors (Lipinski definition) is 3. The van der Waals surface area contributed by atoms with Gasteiger partial charge in [-0.25, -0.2) is 9.59 Å². The van der Waals surface area contributed by atoms with Crippen LogP contribution in [0.4, 0.5) is 4.79 Å². The van der Waals surface area contributed by atoms with Crippen molar-refractivity contribution in [2.24, 2.45) is 0 Å². The number of nitrogens with zero attached hydrogens (tertiary/aromatic N) is 2. The van der Waals surface area contributed by atoms with Gasteiger partial charge in [0.1, 0.15) is 6.04 Å². The molecule has 2 N–H and O–H groups in total. The lowest BCUT2D eigenvalue weighted by atomic mass is 10.2. The third kappa shape index (κ3) is 7.66. The van der Waals surface area contributed by atoms with Gasteiger partial charge in [0.05, 0.1) is 0 Å². The van der Waals surface area contributed by atoms with Gasteiger partial charge in [0, 0.05) is 13.1 Å². The van der Waals surface area contributed by atoms with Gasteiger partial charge in [-0.2, -0.15) is 0 Å². The molecule has 112 valence electrons. The van der Waals surface area contributed by atoms with E-state index in [1.54, 1.807) is 4.90 Å². The molecule has 0 aromatic carbocycles. The molecule has 0 radical (unpaired) electrons. The molecule has 0 saturated carbocycles. The summed E-state index contributed by atoms with van der Waals surface area (Å²) in [6, 6.07) is -1.08. The molecule has 0 unspecified atom stereocenters. The molecule has 19 heavy (non-hydrogen) atoms. The van der Waals surface area contributed by atoms with Gasteiger partial charge in [-0.1, -0.05) is 13.3 Å². The van der Waals surface area contributed by atoms with E-state index in [1.807, 2.05) is 27.9 Å². The van der Waals surface area contributed by atoms with E-state index < -0.39 is 12.0 Å². The fourth-order valence-electron chi connectivity index (χ4n) is 1.77. The summed E-state index contributed by atoms with van der Waals surface area (Å²) >= 11 is 0. The first-order chi connectivity index (χ1) is 8.92. The van der Waals surface area contributed by atoms with Gasteiger partial charge < -0.3 is 20.2 Å². The van der Waals surface area contributed by atoms with Gasteiger partial charge in [-0.3, -0.25) is 0 Å². The zero-order chi connectivity index (χ0) is 14.8. The number of carboxylic acid groups (broad SMARTS) is 1. The Hall–Kier alpha value is -1.30. The van der Waals surface area contributed by atoms with Crippen molar-refractivity contribution in [3.8, 4) is 0 Å². The van der Waals surface area contributed by atoms with E-state index in [1.165, 1.54) is 0 Å². The SMILES string of the molecule is CCC[C@@H](NC(=O)N(CC)CCCN(C)C)C(=O)O. The van der Waals surface area contributed by atoms with E-state index in [-0.39, 0.29) is 6.03 Å². The molecular formula is C13H27N3O3. The van der Waals surface area contributed by atoms with E-state index in [0.717, 1.165) is 19.4 Å². The first-order valence-electron chi connectivity index (χ1n) is 6.85. The number of aliphatic carboxylic acids is 1. The highest BCUT2D eigenvalue weighted by Gasteiger charge is 2.21. The number of carbonyl (C=O) groups is 2. The van der Waals surface area contributed by atoms with Crippen LogP contribution in [0.1, 0.15) is 33.1 Å². The van der Waals surface area contributed by atoms with Crippen molar-refractivity contribution in [3.63, 3.8) is 0 Å². The molecule has 0 bridgehead atoms. The lowest BCUT2D eigenvalue weighted by molar-refractivity contribution is -0.139. The molecule has 0 aliphatic carbocycles. The summed E-state index contributed by atoms with van der Waals surface area (Å²) in [6.45, 7) is 5.92. The van der Waals surface area contributed by atoms with Gasteiger partial charge in [0.25, 0.3) is 0 Å². The average molecular weight is 273 g/mol. The third-order valence-corrected chi connectivity index (χ3v) is 2.88. The van der Waals surface area contributed by atoms with Crippen LogP contribution in [0.2, 0.25) is 0 Å². The van der Waals surface area contributed by atoms with Crippen molar-refractivity contribution in [2.45, 2.75) is 39.2 Å². The summed E-state index contributed by atoms with van der Waals surface area (Å²) in [5, 5.41) is 11.6. The molecule has 2 amide bonds. The topological polar surface area (TPSA) is 72.9 Å². The summed E-state index contributed by atoms with van der Waals surface area (Å²) in [5.74, 6) is -0.973. The summed E-state index contributed by atoms with van der Waals surface area (Å²) in [6.07, 6.45) is 2.06. The quantitative estimate of drug-likeness (QED) is 0.662. The predicted molar refractivity (Wildman–Crippen MR) is 75.3 cm³/mol. The highest BCUT2D eigenvalue weighted by molar-refractivity contribution is 5.82. The number of hydrogen-bond donors (Lipinski definition) is 2. The second-order valence-corrected chi connectivity index (χ2v) is 4.87. The zero-order valence-electron chi connectivity index (χ0n) is 12.5. The van der Waals surface area contributed by atoms with Gasteiger partial charge in [0.2, 0.25) is 0 Å². The fourth-order valence-corrected chi connectivity index (χ4v) is 1.77. The van der Waals surface area contributed by atoms with Crippen molar-refractivity contribution < 1.29 is 14.7 Å². The Bertz CT molecular complexity index is 282. The number of carbonyl (C=O) groups excluding carboxylic acids is 1. The Morgan fingerprint density at radius 1 is 1.21 bits per heavy atom. The summed E-state index contributed by atoms with van der Waals surface area (Å²) in [5.41, 5.74) is 0. The molecule has 1 atom stereocenters. The predicted octanol–water partition coefficient (Wildman–Crippen LogP) is 1.22. The minimum absolute atomic E-state index is 0.290. The van der Waals surface area contributed by atoms with Crippen molar-refractivity contribution in [3.05, 3.63) is 0 Å². The lowest BCUT2D eigenvalue weighted by Gasteiger charge is -2.24. The molecule has 0 saturated heterocycles. The van der Waals surface area contributed by atoms with Gasteiger partial charge >= 0.3 is 12.0 Å². The highest BCUT2D eigenvalue weighted by Crippen LogP contribution is 2.00. The minimum Gasteiger partial charge on any atom is -0.480 e. The largest absolute Gasteiger partial charge is 0.480 e. The smallest absolute Gasteiger partial charge is 0.326 e. The van der Waals surface area contributed by atoms with Gasteiger partial charge in [0.15, 0.2) is 0 Å². The molecule has 6 nitrogen and oxygen atoms in total. The summed E-state index contributed by atoms with van der Waals surface area (Å²) < 4.78 is 0. The van der Waals surface area contributed by atoms with Crippen LogP contribution in [0.25, 0.3) is 0 Å². The number of amides is 2. The molecule has 0 rings (SSSR count). The normalized spacial score (nSPS) is 12.3. The maximum absolute atomic E-state index is 12.0. The van der Waals surface area contributed by atoms with Crippen molar-refractivity contribution in [2.75, 3.05) is 33.7 Å². The summed E-state index contributed by atoms with van der Waals surface area (Å²) in [4.78, 5) is 26.7. The summed E-state index contributed by atoms with van der Waals surface area (Å²) in [7, 11) is 3.97. The van der Waals surface area contributed by atoms with E-state index in [9.17, 15) is 9.59 Å². The first kappa shape index (κ1) is 17.7. The van der Waals surface area contributed by atoms with Crippen molar-refractivity contribution in [1.82, 2.24) is 15.1 Å². The maximum atomic E-state index is 12.0. The van der Waals surface area contributed by atoms with E-state index in [2.05, 4.69) is 10.2 Å². The lowest BCUT2D eigenvalue weighted by Crippen LogP contribution is -2.48. The van der Waals surface area contributed by atoms with Gasteiger partial charge in [-0.15, -0.1) is 0 Å². The molecule has 0 aromatic heterocycles. The molecule has 0 heterocycles. The Labute approximate surface area is 115 Å². The number of urea groups is 1. The second-order valence-electron chi connectivity index (χ2n) is 4.87. The molecule has 0 aliphatic rings. The van der Waals surface area contributed by atoms with Crippen LogP contribution in [0.15, 0.2) is 0 Å². The molecule has 0 fully saturated rings. The van der Waals surface area contributed by atoms with Gasteiger partial charge in [-0.05, 0) is 40.4 Å². The zero-order valence-corrected chi connectivity index (χ0v) is 12.5. The number of carboxylic acids is 1. The Morgan fingerprint density at radius 2 is 1.84 bits per heavy atom. The second kappa shape index (κ2) is 9.61. The number of nitrogens with one attached hydrogen (secondary N) is 1.